The van der Waals surface area contributed by atoms with Gasteiger partial charge in [-0.25, -0.2) is 0 Å². The van der Waals surface area contributed by atoms with E-state index in [1.165, 1.54) is 32.4 Å². The molecule has 0 N–H and O–H groups in total. The fourth-order valence-electron chi connectivity index (χ4n) is 4.17. The van der Waals surface area contributed by atoms with Gasteiger partial charge in [-0.05, 0) is 51.1 Å². The summed E-state index contributed by atoms with van der Waals surface area (Å²) < 4.78 is 2.18. The predicted molar refractivity (Wildman–Crippen MR) is 103 cm³/mol. The molecule has 0 aromatic carbocycles. The Labute approximate surface area is 157 Å². The monoisotopic (exact) mass is 361 g/mol. The minimum absolute atomic E-state index is 0.305. The Bertz CT molecular complexity index is 591. The quantitative estimate of drug-likeness (QED) is 0.782. The minimum Gasteiger partial charge on any atom is -0.342 e. The number of hydrogen-bond donors (Lipinski definition) is 0. The summed E-state index contributed by atoms with van der Waals surface area (Å²) in [5.41, 5.74) is 0. The molecule has 0 saturated carbocycles. The highest BCUT2D eigenvalue weighted by atomic mass is 16.2. The third kappa shape index (κ3) is 4.84. The highest BCUT2D eigenvalue weighted by molar-refractivity contribution is 5.76. The maximum Gasteiger partial charge on any atom is 0.222 e. The van der Waals surface area contributed by atoms with E-state index in [0.29, 0.717) is 24.2 Å². The molecule has 0 radical (unpaired) electrons. The normalized spacial score (nSPS) is 22.2. The first-order valence-electron chi connectivity index (χ1n) is 10.4. The van der Waals surface area contributed by atoms with Crippen molar-refractivity contribution in [3.63, 3.8) is 0 Å². The topological polar surface area (TPSA) is 54.3 Å². The van der Waals surface area contributed by atoms with E-state index in [2.05, 4.69) is 45.5 Å². The fraction of sp³-hybridized carbons (Fsp3) is 0.850. The van der Waals surface area contributed by atoms with Crippen LogP contribution in [0.2, 0.25) is 0 Å². The largest absolute Gasteiger partial charge is 0.342 e. The van der Waals surface area contributed by atoms with Crippen LogP contribution in [-0.4, -0.2) is 56.7 Å². The van der Waals surface area contributed by atoms with Crippen LogP contribution in [0.25, 0.3) is 0 Å². The number of amides is 1. The third-order valence-electron chi connectivity index (χ3n) is 5.89. The van der Waals surface area contributed by atoms with E-state index in [-0.39, 0.29) is 0 Å². The van der Waals surface area contributed by atoms with Crippen LogP contribution in [0.1, 0.15) is 76.4 Å². The highest BCUT2D eigenvalue weighted by Gasteiger charge is 2.28. The average Bonchev–Trinajstić information content (AvgIpc) is 3.01. The van der Waals surface area contributed by atoms with Crippen molar-refractivity contribution in [1.29, 1.82) is 0 Å². The van der Waals surface area contributed by atoms with Crippen molar-refractivity contribution in [2.45, 2.75) is 71.3 Å². The maximum absolute atomic E-state index is 12.5. The number of rotatable bonds is 6. The Hall–Kier alpha value is -1.43. The number of carbonyl (C=O) groups excluding carboxylic acids is 1. The summed E-state index contributed by atoms with van der Waals surface area (Å²) >= 11 is 0. The van der Waals surface area contributed by atoms with Gasteiger partial charge < -0.3 is 9.47 Å². The highest BCUT2D eigenvalue weighted by Crippen LogP contribution is 2.27. The molecule has 0 unspecified atom stereocenters. The van der Waals surface area contributed by atoms with Crippen molar-refractivity contribution in [3.8, 4) is 0 Å². The van der Waals surface area contributed by atoms with E-state index in [4.69, 9.17) is 0 Å². The molecule has 0 spiro atoms. The summed E-state index contributed by atoms with van der Waals surface area (Å²) in [6.07, 6.45) is 7.74. The summed E-state index contributed by atoms with van der Waals surface area (Å²) in [6, 6.07) is 0. The zero-order chi connectivity index (χ0) is 18.5. The second-order valence-corrected chi connectivity index (χ2v) is 8.48. The lowest BCUT2D eigenvalue weighted by Gasteiger charge is -2.32. The molecular weight excluding hydrogens is 326 g/mol. The molecule has 6 heteroatoms. The maximum atomic E-state index is 12.5. The first kappa shape index (κ1) is 19.3. The summed E-state index contributed by atoms with van der Waals surface area (Å²) in [6.45, 7) is 9.28. The SMILES string of the molecule is CC(C)CCC(=O)N1CCC[C@@H](c2nnc(CN3CCCCC3)n2C)C1. The van der Waals surface area contributed by atoms with Gasteiger partial charge in [-0.1, -0.05) is 20.3 Å². The van der Waals surface area contributed by atoms with E-state index in [0.717, 1.165) is 50.5 Å². The summed E-state index contributed by atoms with van der Waals surface area (Å²) in [5.74, 6) is 3.32. The Morgan fingerprint density at radius 1 is 1.12 bits per heavy atom. The molecule has 3 rings (SSSR count). The second-order valence-electron chi connectivity index (χ2n) is 8.48. The number of carbonyl (C=O) groups is 1. The molecule has 26 heavy (non-hydrogen) atoms. The van der Waals surface area contributed by atoms with Crippen LogP contribution in [-0.2, 0) is 18.4 Å². The van der Waals surface area contributed by atoms with Crippen LogP contribution in [0.5, 0.6) is 0 Å². The molecule has 2 fully saturated rings. The van der Waals surface area contributed by atoms with Gasteiger partial charge in [-0.15, -0.1) is 10.2 Å². The van der Waals surface area contributed by atoms with Crippen molar-refractivity contribution in [2.75, 3.05) is 26.2 Å². The van der Waals surface area contributed by atoms with Gasteiger partial charge in [-0.3, -0.25) is 9.69 Å². The van der Waals surface area contributed by atoms with Gasteiger partial charge in [0.25, 0.3) is 0 Å². The standard InChI is InChI=1S/C20H35N5O/c1-16(2)9-10-19(26)25-13-7-8-17(14-25)20-22-21-18(23(20)3)15-24-11-5-4-6-12-24/h16-17H,4-15H2,1-3H3/t17-/m1/s1. The van der Waals surface area contributed by atoms with Crippen molar-refractivity contribution < 1.29 is 4.79 Å². The zero-order valence-corrected chi connectivity index (χ0v) is 16.8. The van der Waals surface area contributed by atoms with Gasteiger partial charge in [0.1, 0.15) is 11.6 Å². The lowest BCUT2D eigenvalue weighted by atomic mass is 9.96. The van der Waals surface area contributed by atoms with Crippen molar-refractivity contribution in [3.05, 3.63) is 11.6 Å². The van der Waals surface area contributed by atoms with E-state index in [9.17, 15) is 4.79 Å². The summed E-state index contributed by atoms with van der Waals surface area (Å²) in [7, 11) is 2.09. The minimum atomic E-state index is 0.305. The van der Waals surface area contributed by atoms with Gasteiger partial charge in [0.05, 0.1) is 6.54 Å². The van der Waals surface area contributed by atoms with Gasteiger partial charge in [0, 0.05) is 32.5 Å². The molecular formula is C20H35N5O. The lowest BCUT2D eigenvalue weighted by molar-refractivity contribution is -0.132. The fourth-order valence-corrected chi connectivity index (χ4v) is 4.17. The zero-order valence-electron chi connectivity index (χ0n) is 16.8. The van der Waals surface area contributed by atoms with Crippen LogP contribution in [0.3, 0.4) is 0 Å². The van der Waals surface area contributed by atoms with Gasteiger partial charge >= 0.3 is 0 Å². The van der Waals surface area contributed by atoms with Crippen LogP contribution < -0.4 is 0 Å². The molecule has 3 heterocycles. The molecule has 6 nitrogen and oxygen atoms in total. The van der Waals surface area contributed by atoms with Crippen LogP contribution in [0, 0.1) is 5.92 Å². The molecule has 2 aliphatic heterocycles. The number of likely N-dealkylation sites (tertiary alicyclic amines) is 2. The Balaban J connectivity index is 1.60. The molecule has 1 aromatic heterocycles. The number of piperidine rings is 2. The molecule has 2 saturated heterocycles. The molecule has 2 aliphatic rings. The summed E-state index contributed by atoms with van der Waals surface area (Å²) in [5, 5.41) is 9.00. The van der Waals surface area contributed by atoms with Crippen molar-refractivity contribution in [1.82, 2.24) is 24.6 Å². The van der Waals surface area contributed by atoms with Crippen molar-refractivity contribution in [2.24, 2.45) is 13.0 Å². The van der Waals surface area contributed by atoms with Crippen LogP contribution in [0.4, 0.5) is 0 Å². The number of nitrogens with zero attached hydrogens (tertiary/aromatic N) is 5. The lowest BCUT2D eigenvalue weighted by Crippen LogP contribution is -2.39. The predicted octanol–water partition coefficient (Wildman–Crippen LogP) is 2.94. The number of aromatic nitrogens is 3. The smallest absolute Gasteiger partial charge is 0.222 e. The van der Waals surface area contributed by atoms with Gasteiger partial charge in [-0.2, -0.15) is 0 Å². The molecule has 0 aliphatic carbocycles. The first-order chi connectivity index (χ1) is 12.5. The second kappa shape index (κ2) is 8.98. The van der Waals surface area contributed by atoms with Gasteiger partial charge in [0.15, 0.2) is 0 Å². The molecule has 1 amide bonds. The summed E-state index contributed by atoms with van der Waals surface area (Å²) in [4.78, 5) is 17.0. The van der Waals surface area contributed by atoms with Crippen LogP contribution >= 0.6 is 0 Å². The third-order valence-corrected chi connectivity index (χ3v) is 5.89. The molecule has 0 bridgehead atoms. The Morgan fingerprint density at radius 3 is 2.62 bits per heavy atom. The van der Waals surface area contributed by atoms with E-state index in [1.807, 2.05) is 0 Å². The van der Waals surface area contributed by atoms with E-state index < -0.39 is 0 Å². The van der Waals surface area contributed by atoms with E-state index in [1.54, 1.807) is 0 Å². The molecule has 146 valence electrons. The molecule has 1 aromatic rings. The van der Waals surface area contributed by atoms with Gasteiger partial charge in [0.2, 0.25) is 5.91 Å². The van der Waals surface area contributed by atoms with E-state index >= 15 is 0 Å². The average molecular weight is 362 g/mol. The van der Waals surface area contributed by atoms with Crippen molar-refractivity contribution >= 4 is 5.91 Å². The Morgan fingerprint density at radius 2 is 1.88 bits per heavy atom. The van der Waals surface area contributed by atoms with Crippen LogP contribution in [0.15, 0.2) is 0 Å². The molecule has 1 atom stereocenters. The Kier molecular flexibility index (Phi) is 6.68. The number of hydrogen-bond acceptors (Lipinski definition) is 4. The first-order valence-corrected chi connectivity index (χ1v) is 10.4.